The van der Waals surface area contributed by atoms with E-state index >= 15 is 0 Å². The van der Waals surface area contributed by atoms with Crippen LogP contribution in [0, 0.1) is 12.3 Å². The van der Waals surface area contributed by atoms with Crippen molar-refractivity contribution < 1.29 is 24.2 Å². The fraction of sp³-hybridized carbons (Fsp3) is 0.667. The van der Waals surface area contributed by atoms with E-state index in [9.17, 15) is 19.5 Å². The Labute approximate surface area is 192 Å². The summed E-state index contributed by atoms with van der Waals surface area (Å²) in [5.74, 6) is -1.74. The Morgan fingerprint density at radius 2 is 1.50 bits per heavy atom. The standard InChI is InChI=1S/C27H40O5/c1-4-6-8-10-12-14-19-32-26(31)25(30)27(18-13-11-9-7-5-2)23(28)21-17-15-16-20(3)22(21)24(27)29/h15-17,25,30H,4-14,18-19H2,1-3H3. The van der Waals surface area contributed by atoms with Gasteiger partial charge < -0.3 is 9.84 Å². The van der Waals surface area contributed by atoms with Crippen LogP contribution in [-0.2, 0) is 9.53 Å². The summed E-state index contributed by atoms with van der Waals surface area (Å²) in [6.45, 7) is 6.26. The minimum absolute atomic E-state index is 0.162. The van der Waals surface area contributed by atoms with Crippen LogP contribution >= 0.6 is 0 Å². The molecule has 1 N–H and O–H groups in total. The van der Waals surface area contributed by atoms with E-state index in [0.29, 0.717) is 29.5 Å². The highest BCUT2D eigenvalue weighted by atomic mass is 16.5. The number of Topliss-reactive ketones (excluding diaryl/α,β-unsaturated/α-hetero) is 2. The second kappa shape index (κ2) is 12.9. The summed E-state index contributed by atoms with van der Waals surface area (Å²) in [6, 6.07) is 5.14. The van der Waals surface area contributed by atoms with Crippen molar-refractivity contribution in [3.63, 3.8) is 0 Å². The Morgan fingerprint density at radius 1 is 0.906 bits per heavy atom. The van der Waals surface area contributed by atoms with Gasteiger partial charge in [-0.3, -0.25) is 9.59 Å². The largest absolute Gasteiger partial charge is 0.464 e. The van der Waals surface area contributed by atoms with Gasteiger partial charge >= 0.3 is 5.97 Å². The van der Waals surface area contributed by atoms with E-state index in [1.807, 2.05) is 0 Å². The van der Waals surface area contributed by atoms with E-state index < -0.39 is 29.1 Å². The summed E-state index contributed by atoms with van der Waals surface area (Å²) in [7, 11) is 0. The summed E-state index contributed by atoms with van der Waals surface area (Å²) in [4.78, 5) is 39.7. The fourth-order valence-corrected chi connectivity index (χ4v) is 4.68. The van der Waals surface area contributed by atoms with Gasteiger partial charge in [-0.05, 0) is 25.3 Å². The zero-order valence-electron chi connectivity index (χ0n) is 20.1. The van der Waals surface area contributed by atoms with Crippen LogP contribution in [0.3, 0.4) is 0 Å². The van der Waals surface area contributed by atoms with E-state index in [4.69, 9.17) is 4.74 Å². The molecule has 5 nitrogen and oxygen atoms in total. The van der Waals surface area contributed by atoms with Gasteiger partial charge in [-0.25, -0.2) is 4.79 Å². The number of benzene rings is 1. The van der Waals surface area contributed by atoms with E-state index in [-0.39, 0.29) is 13.0 Å². The molecule has 0 radical (unpaired) electrons. The first kappa shape index (κ1) is 26.2. The van der Waals surface area contributed by atoms with Gasteiger partial charge in [0, 0.05) is 11.1 Å². The number of ether oxygens (including phenoxy) is 1. The first-order valence-electron chi connectivity index (χ1n) is 12.5. The number of aliphatic hydroxyl groups excluding tert-OH is 1. The molecule has 5 heteroatoms. The number of unbranched alkanes of at least 4 members (excludes halogenated alkanes) is 9. The van der Waals surface area contributed by atoms with Crippen LogP contribution in [0.4, 0.5) is 0 Å². The van der Waals surface area contributed by atoms with Crippen LogP contribution < -0.4 is 0 Å². The SMILES string of the molecule is CCCCCCCCOC(=O)C(O)C1(CCCCCCC)C(=O)c2cccc(C)c2C1=O. The quantitative estimate of drug-likeness (QED) is 0.204. The third-order valence-corrected chi connectivity index (χ3v) is 6.66. The van der Waals surface area contributed by atoms with Crippen LogP contribution in [0.25, 0.3) is 0 Å². The number of rotatable bonds is 15. The topological polar surface area (TPSA) is 80.7 Å². The number of fused-ring (bicyclic) bond motifs is 1. The number of hydrogen-bond donors (Lipinski definition) is 1. The third kappa shape index (κ3) is 5.86. The molecule has 1 aliphatic carbocycles. The van der Waals surface area contributed by atoms with Crippen molar-refractivity contribution in [3.05, 3.63) is 34.9 Å². The predicted octanol–water partition coefficient (Wildman–Crippen LogP) is 5.99. The van der Waals surface area contributed by atoms with Gasteiger partial charge in [0.2, 0.25) is 0 Å². The van der Waals surface area contributed by atoms with Gasteiger partial charge in [-0.15, -0.1) is 0 Å². The number of carbonyl (C=O) groups excluding carboxylic acids is 3. The molecule has 2 atom stereocenters. The van der Waals surface area contributed by atoms with Crippen molar-refractivity contribution in [1.82, 2.24) is 0 Å². The van der Waals surface area contributed by atoms with Crippen LogP contribution in [-0.4, -0.2) is 35.4 Å². The molecular formula is C27H40O5. The van der Waals surface area contributed by atoms with Crippen LogP contribution in [0.15, 0.2) is 18.2 Å². The lowest BCUT2D eigenvalue weighted by Crippen LogP contribution is -2.49. The van der Waals surface area contributed by atoms with Gasteiger partial charge in [-0.1, -0.05) is 96.3 Å². The minimum Gasteiger partial charge on any atom is -0.464 e. The molecule has 1 aromatic rings. The van der Waals surface area contributed by atoms with Crippen molar-refractivity contribution >= 4 is 17.5 Å². The Balaban J connectivity index is 2.12. The number of hydrogen-bond acceptors (Lipinski definition) is 5. The van der Waals surface area contributed by atoms with Crippen LogP contribution in [0.5, 0.6) is 0 Å². The third-order valence-electron chi connectivity index (χ3n) is 6.66. The Kier molecular flexibility index (Phi) is 10.6. The second-order valence-electron chi connectivity index (χ2n) is 9.13. The molecule has 178 valence electrons. The van der Waals surface area contributed by atoms with Gasteiger partial charge in [0.05, 0.1) is 6.61 Å². The lowest BCUT2D eigenvalue weighted by Gasteiger charge is -2.30. The summed E-state index contributed by atoms with van der Waals surface area (Å²) >= 11 is 0. The van der Waals surface area contributed by atoms with E-state index in [0.717, 1.165) is 44.9 Å². The maximum atomic E-state index is 13.5. The molecule has 0 saturated heterocycles. The molecule has 0 fully saturated rings. The minimum atomic E-state index is -1.78. The smallest absolute Gasteiger partial charge is 0.336 e. The molecule has 0 aromatic heterocycles. The maximum absolute atomic E-state index is 13.5. The van der Waals surface area contributed by atoms with Crippen LogP contribution in [0.1, 0.15) is 117 Å². The summed E-state index contributed by atoms with van der Waals surface area (Å²) in [5.41, 5.74) is -0.416. The monoisotopic (exact) mass is 444 g/mol. The van der Waals surface area contributed by atoms with Crippen LogP contribution in [0.2, 0.25) is 0 Å². The average molecular weight is 445 g/mol. The lowest BCUT2D eigenvalue weighted by atomic mass is 9.73. The Hall–Kier alpha value is -2.01. The molecule has 1 aliphatic rings. The highest BCUT2D eigenvalue weighted by Crippen LogP contribution is 2.45. The van der Waals surface area contributed by atoms with Gasteiger partial charge in [0.15, 0.2) is 17.7 Å². The molecule has 0 heterocycles. The van der Waals surface area contributed by atoms with Crippen molar-refractivity contribution in [3.8, 4) is 0 Å². The number of carbonyl (C=O) groups is 3. The molecule has 0 bridgehead atoms. The summed E-state index contributed by atoms with van der Waals surface area (Å²) < 4.78 is 5.33. The fourth-order valence-electron chi connectivity index (χ4n) is 4.68. The Bertz CT molecular complexity index is 784. The van der Waals surface area contributed by atoms with Crippen molar-refractivity contribution in [2.45, 2.75) is 104 Å². The van der Waals surface area contributed by atoms with Gasteiger partial charge in [0.1, 0.15) is 5.41 Å². The first-order chi connectivity index (χ1) is 15.4. The molecule has 2 unspecified atom stereocenters. The first-order valence-corrected chi connectivity index (χ1v) is 12.5. The van der Waals surface area contributed by atoms with Gasteiger partial charge in [-0.2, -0.15) is 0 Å². The lowest BCUT2D eigenvalue weighted by molar-refractivity contribution is -0.158. The molecule has 0 aliphatic heterocycles. The molecule has 0 amide bonds. The molecule has 32 heavy (non-hydrogen) atoms. The number of aliphatic hydroxyl groups is 1. The van der Waals surface area contributed by atoms with Crippen molar-refractivity contribution in [2.24, 2.45) is 5.41 Å². The van der Waals surface area contributed by atoms with E-state index in [1.165, 1.54) is 12.8 Å². The molecule has 0 spiro atoms. The van der Waals surface area contributed by atoms with E-state index in [1.54, 1.807) is 25.1 Å². The zero-order chi connectivity index (χ0) is 23.6. The number of esters is 1. The van der Waals surface area contributed by atoms with E-state index in [2.05, 4.69) is 13.8 Å². The normalized spacial score (nSPS) is 18.6. The predicted molar refractivity (Wildman–Crippen MR) is 126 cm³/mol. The molecular weight excluding hydrogens is 404 g/mol. The maximum Gasteiger partial charge on any atom is 0.336 e. The van der Waals surface area contributed by atoms with Crippen molar-refractivity contribution in [2.75, 3.05) is 6.61 Å². The number of ketones is 2. The molecule has 0 saturated carbocycles. The average Bonchev–Trinajstić information content (AvgIpc) is 3.01. The second-order valence-corrected chi connectivity index (χ2v) is 9.13. The highest BCUT2D eigenvalue weighted by Gasteiger charge is 2.60. The van der Waals surface area contributed by atoms with Gasteiger partial charge in [0.25, 0.3) is 0 Å². The zero-order valence-corrected chi connectivity index (χ0v) is 20.1. The summed E-state index contributed by atoms with van der Waals surface area (Å²) in [6.07, 6.45) is 9.29. The Morgan fingerprint density at radius 3 is 2.12 bits per heavy atom. The van der Waals surface area contributed by atoms with Crippen molar-refractivity contribution in [1.29, 1.82) is 0 Å². The highest BCUT2D eigenvalue weighted by molar-refractivity contribution is 6.31. The molecule has 2 rings (SSSR count). The molecule has 1 aromatic carbocycles. The summed E-state index contributed by atoms with van der Waals surface area (Å²) in [5, 5.41) is 11.0. The number of aryl methyl sites for hydroxylation is 1.